The van der Waals surface area contributed by atoms with Crippen LogP contribution in [0.4, 0.5) is 0 Å². The number of hydrogen-bond donors (Lipinski definition) is 0. The van der Waals surface area contributed by atoms with Crippen LogP contribution < -0.4 is 0 Å². The summed E-state index contributed by atoms with van der Waals surface area (Å²) >= 11 is 0. The average molecular weight is 252 g/mol. The lowest BCUT2D eigenvalue weighted by molar-refractivity contribution is 0.0598. The molecule has 0 radical (unpaired) electrons. The summed E-state index contributed by atoms with van der Waals surface area (Å²) in [4.78, 5) is 18.5. The molecule has 0 N–H and O–H groups in total. The minimum atomic E-state index is -0.0562. The zero-order chi connectivity index (χ0) is 13.1. The van der Waals surface area contributed by atoms with Crippen molar-refractivity contribution in [3.05, 3.63) is 17.3 Å². The molecule has 0 bridgehead atoms. The SMILES string of the molecule is CCc1nc(C)c(C(=O)N2CCC[C@@H]2COC)o1. The predicted molar refractivity (Wildman–Crippen MR) is 66.6 cm³/mol. The van der Waals surface area contributed by atoms with Gasteiger partial charge < -0.3 is 14.1 Å². The van der Waals surface area contributed by atoms with Crippen LogP contribution in [0.25, 0.3) is 0 Å². The fourth-order valence-corrected chi connectivity index (χ4v) is 2.40. The van der Waals surface area contributed by atoms with E-state index in [2.05, 4.69) is 4.98 Å². The van der Waals surface area contributed by atoms with E-state index in [9.17, 15) is 4.79 Å². The normalized spacial score (nSPS) is 19.5. The van der Waals surface area contributed by atoms with Crippen LogP contribution in [-0.2, 0) is 11.2 Å². The Hall–Kier alpha value is -1.36. The highest BCUT2D eigenvalue weighted by Crippen LogP contribution is 2.22. The molecule has 1 saturated heterocycles. The van der Waals surface area contributed by atoms with Crippen molar-refractivity contribution in [1.29, 1.82) is 0 Å². The molecule has 1 amide bonds. The highest BCUT2D eigenvalue weighted by molar-refractivity contribution is 5.92. The van der Waals surface area contributed by atoms with Gasteiger partial charge in [-0.05, 0) is 19.8 Å². The van der Waals surface area contributed by atoms with Gasteiger partial charge in [-0.1, -0.05) is 6.92 Å². The maximum absolute atomic E-state index is 12.4. The monoisotopic (exact) mass is 252 g/mol. The predicted octanol–water partition coefficient (Wildman–Crippen LogP) is 1.80. The summed E-state index contributed by atoms with van der Waals surface area (Å²) in [5, 5.41) is 0. The summed E-state index contributed by atoms with van der Waals surface area (Å²) in [6, 6.07) is 0.164. The molecule has 0 spiro atoms. The van der Waals surface area contributed by atoms with Crippen LogP contribution in [0.3, 0.4) is 0 Å². The number of carbonyl (C=O) groups is 1. The Balaban J connectivity index is 2.17. The number of likely N-dealkylation sites (tertiary alicyclic amines) is 1. The first kappa shape index (κ1) is 13.1. The minimum absolute atomic E-state index is 0.0562. The molecule has 5 heteroatoms. The number of oxazole rings is 1. The molecule has 0 aliphatic carbocycles. The van der Waals surface area contributed by atoms with E-state index in [-0.39, 0.29) is 11.9 Å². The van der Waals surface area contributed by atoms with Gasteiger partial charge in [0.2, 0.25) is 5.76 Å². The van der Waals surface area contributed by atoms with Crippen LogP contribution in [-0.4, -0.2) is 42.1 Å². The molecule has 2 rings (SSSR count). The average Bonchev–Trinajstić information content (AvgIpc) is 2.95. The second-order valence-corrected chi connectivity index (χ2v) is 4.63. The summed E-state index contributed by atoms with van der Waals surface area (Å²) in [6.07, 6.45) is 2.72. The van der Waals surface area contributed by atoms with E-state index < -0.39 is 0 Å². The molecule has 0 aromatic carbocycles. The number of hydrogen-bond acceptors (Lipinski definition) is 4. The third-order valence-electron chi connectivity index (χ3n) is 3.33. The highest BCUT2D eigenvalue weighted by atomic mass is 16.5. The maximum atomic E-state index is 12.4. The second-order valence-electron chi connectivity index (χ2n) is 4.63. The standard InChI is InChI=1S/C13H20N2O3/c1-4-11-14-9(2)12(18-11)13(16)15-7-5-6-10(15)8-17-3/h10H,4-8H2,1-3H3/t10-/m1/s1. The van der Waals surface area contributed by atoms with Crippen LogP contribution in [0.2, 0.25) is 0 Å². The number of amides is 1. The maximum Gasteiger partial charge on any atom is 0.291 e. The lowest BCUT2D eigenvalue weighted by atomic mass is 10.2. The molecule has 5 nitrogen and oxygen atoms in total. The molecule has 18 heavy (non-hydrogen) atoms. The molecule has 1 aliphatic rings. The topological polar surface area (TPSA) is 55.6 Å². The van der Waals surface area contributed by atoms with Gasteiger partial charge in [-0.15, -0.1) is 0 Å². The Kier molecular flexibility index (Phi) is 4.01. The Morgan fingerprint density at radius 2 is 2.39 bits per heavy atom. The van der Waals surface area contributed by atoms with Crippen molar-refractivity contribution in [2.75, 3.05) is 20.3 Å². The third-order valence-corrected chi connectivity index (χ3v) is 3.33. The molecule has 1 aromatic heterocycles. The number of methoxy groups -OCH3 is 1. The van der Waals surface area contributed by atoms with Gasteiger partial charge in [0, 0.05) is 20.1 Å². The summed E-state index contributed by atoms with van der Waals surface area (Å²) in [7, 11) is 1.66. The van der Waals surface area contributed by atoms with Crippen molar-refractivity contribution in [3.8, 4) is 0 Å². The van der Waals surface area contributed by atoms with Crippen molar-refractivity contribution in [1.82, 2.24) is 9.88 Å². The first-order valence-electron chi connectivity index (χ1n) is 6.43. The Bertz CT molecular complexity index is 428. The van der Waals surface area contributed by atoms with Gasteiger partial charge in [0.15, 0.2) is 5.89 Å². The molecule has 100 valence electrons. The van der Waals surface area contributed by atoms with Crippen LogP contribution in [0.1, 0.15) is 41.9 Å². The zero-order valence-electron chi connectivity index (χ0n) is 11.2. The smallest absolute Gasteiger partial charge is 0.291 e. The number of rotatable bonds is 4. The molecule has 1 fully saturated rings. The van der Waals surface area contributed by atoms with E-state index in [4.69, 9.17) is 9.15 Å². The third kappa shape index (κ3) is 2.41. The first-order chi connectivity index (χ1) is 8.67. The Morgan fingerprint density at radius 1 is 1.61 bits per heavy atom. The summed E-state index contributed by atoms with van der Waals surface area (Å²) in [5.74, 6) is 0.951. The summed E-state index contributed by atoms with van der Waals surface area (Å²) in [5.41, 5.74) is 0.680. The number of aryl methyl sites for hydroxylation is 2. The highest BCUT2D eigenvalue weighted by Gasteiger charge is 2.32. The quantitative estimate of drug-likeness (QED) is 0.820. The van der Waals surface area contributed by atoms with Gasteiger partial charge >= 0.3 is 0 Å². The molecule has 1 atom stereocenters. The molecular weight excluding hydrogens is 232 g/mol. The molecule has 0 unspecified atom stereocenters. The fraction of sp³-hybridized carbons (Fsp3) is 0.692. The van der Waals surface area contributed by atoms with Crippen LogP contribution in [0.15, 0.2) is 4.42 Å². The summed E-state index contributed by atoms with van der Waals surface area (Å²) in [6.45, 7) is 5.13. The first-order valence-corrected chi connectivity index (χ1v) is 6.43. The van der Waals surface area contributed by atoms with Gasteiger partial charge in [0.05, 0.1) is 18.3 Å². The molecule has 1 aromatic rings. The Labute approximate surface area is 107 Å². The minimum Gasteiger partial charge on any atom is -0.435 e. The van der Waals surface area contributed by atoms with Gasteiger partial charge in [0.1, 0.15) is 0 Å². The summed E-state index contributed by atoms with van der Waals surface area (Å²) < 4.78 is 10.7. The van der Waals surface area contributed by atoms with Crippen molar-refractivity contribution in [2.45, 2.75) is 39.2 Å². The van der Waals surface area contributed by atoms with Gasteiger partial charge in [0.25, 0.3) is 5.91 Å². The van der Waals surface area contributed by atoms with Gasteiger partial charge in [-0.25, -0.2) is 4.98 Å². The van der Waals surface area contributed by atoms with Gasteiger partial charge in [-0.3, -0.25) is 4.79 Å². The van der Waals surface area contributed by atoms with Crippen molar-refractivity contribution >= 4 is 5.91 Å². The molecule has 2 heterocycles. The van der Waals surface area contributed by atoms with Gasteiger partial charge in [-0.2, -0.15) is 0 Å². The number of aromatic nitrogens is 1. The number of nitrogens with zero attached hydrogens (tertiary/aromatic N) is 2. The van der Waals surface area contributed by atoms with Crippen LogP contribution >= 0.6 is 0 Å². The Morgan fingerprint density at radius 3 is 3.00 bits per heavy atom. The van der Waals surface area contributed by atoms with Crippen molar-refractivity contribution in [3.63, 3.8) is 0 Å². The lowest BCUT2D eigenvalue weighted by Gasteiger charge is -2.23. The van der Waals surface area contributed by atoms with E-state index in [0.29, 0.717) is 30.4 Å². The number of carbonyl (C=O) groups excluding carboxylic acids is 1. The molecular formula is C13H20N2O3. The largest absolute Gasteiger partial charge is 0.435 e. The van der Waals surface area contributed by atoms with E-state index in [0.717, 1.165) is 19.4 Å². The van der Waals surface area contributed by atoms with Crippen LogP contribution in [0.5, 0.6) is 0 Å². The zero-order valence-corrected chi connectivity index (χ0v) is 11.2. The van der Waals surface area contributed by atoms with E-state index >= 15 is 0 Å². The fourth-order valence-electron chi connectivity index (χ4n) is 2.40. The van der Waals surface area contributed by atoms with E-state index in [1.165, 1.54) is 0 Å². The molecule has 1 aliphatic heterocycles. The van der Waals surface area contributed by atoms with Crippen LogP contribution in [0, 0.1) is 6.92 Å². The van der Waals surface area contributed by atoms with Crippen molar-refractivity contribution in [2.24, 2.45) is 0 Å². The number of ether oxygens (including phenoxy) is 1. The van der Waals surface area contributed by atoms with E-state index in [1.54, 1.807) is 7.11 Å². The molecule has 0 saturated carbocycles. The lowest BCUT2D eigenvalue weighted by Crippen LogP contribution is -2.38. The van der Waals surface area contributed by atoms with Crippen molar-refractivity contribution < 1.29 is 13.9 Å². The van der Waals surface area contributed by atoms with E-state index in [1.807, 2.05) is 18.7 Å². The second kappa shape index (κ2) is 5.52.